The van der Waals surface area contributed by atoms with E-state index in [1.54, 1.807) is 13.0 Å². The number of halogens is 3. The number of alkyl halides is 3. The maximum atomic E-state index is 12.9. The Morgan fingerprint density at radius 2 is 1.96 bits per heavy atom. The Labute approximate surface area is 144 Å². The first-order valence-corrected chi connectivity index (χ1v) is 8.29. The average Bonchev–Trinajstić information content (AvgIpc) is 2.58. The Bertz CT molecular complexity index is 762. The fourth-order valence-corrected chi connectivity index (χ4v) is 3.17. The van der Waals surface area contributed by atoms with E-state index in [2.05, 4.69) is 15.3 Å². The summed E-state index contributed by atoms with van der Waals surface area (Å²) in [5.74, 6) is 1.22. The molecule has 0 amide bonds. The number of aliphatic hydroxyl groups is 1. The minimum atomic E-state index is -4.42. The third kappa shape index (κ3) is 3.92. The van der Waals surface area contributed by atoms with Gasteiger partial charge in [0.25, 0.3) is 0 Å². The molecule has 1 heterocycles. The van der Waals surface area contributed by atoms with E-state index in [4.69, 9.17) is 0 Å². The van der Waals surface area contributed by atoms with E-state index in [1.807, 2.05) is 0 Å². The fraction of sp³-hybridized carbons (Fsp3) is 0.444. The number of benzene rings is 1. The standard InChI is InChI=1S/C18H20F3N3O/c1-11-22-15-8-3-2-7-14(15)17(23-11)24-16(10-25)12-5-4-6-13(9-12)18(19,20)21/h4-6,9,16,25H,2-3,7-8,10H2,1H3,(H,22,23,24). The van der Waals surface area contributed by atoms with Crippen LogP contribution < -0.4 is 5.32 Å². The van der Waals surface area contributed by atoms with E-state index >= 15 is 0 Å². The van der Waals surface area contributed by atoms with E-state index in [-0.39, 0.29) is 6.61 Å². The van der Waals surface area contributed by atoms with Crippen LogP contribution in [-0.2, 0) is 19.0 Å². The van der Waals surface area contributed by atoms with Crippen LogP contribution in [0.1, 0.15) is 47.1 Å². The highest BCUT2D eigenvalue weighted by atomic mass is 19.4. The summed E-state index contributed by atoms with van der Waals surface area (Å²) in [5.41, 5.74) is 1.63. The Morgan fingerprint density at radius 1 is 1.20 bits per heavy atom. The lowest BCUT2D eigenvalue weighted by molar-refractivity contribution is -0.137. The van der Waals surface area contributed by atoms with Crippen LogP contribution in [0.5, 0.6) is 0 Å². The van der Waals surface area contributed by atoms with Crippen molar-refractivity contribution in [3.63, 3.8) is 0 Å². The lowest BCUT2D eigenvalue weighted by Crippen LogP contribution is -2.20. The third-order valence-electron chi connectivity index (χ3n) is 4.40. The molecule has 1 aromatic carbocycles. The summed E-state index contributed by atoms with van der Waals surface area (Å²) in [7, 11) is 0. The van der Waals surface area contributed by atoms with Crippen molar-refractivity contribution in [3.8, 4) is 0 Å². The SMILES string of the molecule is Cc1nc2c(c(NC(CO)c3cccc(C(F)(F)F)c3)n1)CCCC2. The molecular formula is C18H20F3N3O. The Kier molecular flexibility index (Phi) is 4.94. The molecule has 0 spiro atoms. The number of nitrogens with zero attached hydrogens (tertiary/aromatic N) is 2. The van der Waals surface area contributed by atoms with Crippen molar-refractivity contribution in [1.29, 1.82) is 0 Å². The second kappa shape index (κ2) is 7.00. The molecule has 0 saturated heterocycles. The van der Waals surface area contributed by atoms with Crippen molar-refractivity contribution in [2.45, 2.75) is 44.8 Å². The van der Waals surface area contributed by atoms with Crippen molar-refractivity contribution >= 4 is 5.82 Å². The zero-order valence-electron chi connectivity index (χ0n) is 13.9. The van der Waals surface area contributed by atoms with Gasteiger partial charge >= 0.3 is 6.18 Å². The molecule has 2 aromatic rings. The van der Waals surface area contributed by atoms with Crippen LogP contribution in [0, 0.1) is 6.92 Å². The minimum Gasteiger partial charge on any atom is -0.394 e. The lowest BCUT2D eigenvalue weighted by Gasteiger charge is -2.23. The summed E-state index contributed by atoms with van der Waals surface area (Å²) < 4.78 is 38.8. The molecule has 1 atom stereocenters. The summed E-state index contributed by atoms with van der Waals surface area (Å²) in [6.07, 6.45) is -0.610. The molecule has 0 radical (unpaired) electrons. The normalized spacial score (nSPS) is 15.6. The second-order valence-electron chi connectivity index (χ2n) is 6.25. The highest BCUT2D eigenvalue weighted by Gasteiger charge is 2.31. The Balaban J connectivity index is 1.92. The van der Waals surface area contributed by atoms with Gasteiger partial charge in [-0.25, -0.2) is 9.97 Å². The molecule has 1 aliphatic rings. The third-order valence-corrected chi connectivity index (χ3v) is 4.40. The molecule has 3 rings (SSSR count). The van der Waals surface area contributed by atoms with Crippen LogP contribution in [0.15, 0.2) is 24.3 Å². The number of fused-ring (bicyclic) bond motifs is 1. The molecule has 1 aliphatic carbocycles. The van der Waals surface area contributed by atoms with E-state index in [0.29, 0.717) is 17.2 Å². The van der Waals surface area contributed by atoms with Gasteiger partial charge in [-0.3, -0.25) is 0 Å². The Hall–Kier alpha value is -2.15. The monoisotopic (exact) mass is 351 g/mol. The Morgan fingerprint density at radius 3 is 2.68 bits per heavy atom. The maximum absolute atomic E-state index is 12.9. The summed E-state index contributed by atoms with van der Waals surface area (Å²) >= 11 is 0. The van der Waals surface area contributed by atoms with Crippen molar-refractivity contribution < 1.29 is 18.3 Å². The zero-order chi connectivity index (χ0) is 18.0. The molecule has 1 unspecified atom stereocenters. The summed E-state index contributed by atoms with van der Waals surface area (Å²) in [5, 5.41) is 12.8. The molecular weight excluding hydrogens is 331 g/mol. The number of nitrogens with one attached hydrogen (secondary N) is 1. The highest BCUT2D eigenvalue weighted by molar-refractivity contribution is 5.50. The van der Waals surface area contributed by atoms with Gasteiger partial charge in [0.2, 0.25) is 0 Å². The number of aromatic nitrogens is 2. The van der Waals surface area contributed by atoms with E-state index in [1.165, 1.54) is 6.07 Å². The van der Waals surface area contributed by atoms with Crippen LogP contribution in [0.2, 0.25) is 0 Å². The largest absolute Gasteiger partial charge is 0.416 e. The van der Waals surface area contributed by atoms with Crippen molar-refractivity contribution in [2.24, 2.45) is 0 Å². The van der Waals surface area contributed by atoms with Crippen LogP contribution in [0.25, 0.3) is 0 Å². The van der Waals surface area contributed by atoms with Gasteiger partial charge in [0, 0.05) is 11.3 Å². The topological polar surface area (TPSA) is 58.0 Å². The molecule has 0 fully saturated rings. The molecule has 1 aromatic heterocycles. The smallest absolute Gasteiger partial charge is 0.394 e. The number of aryl methyl sites for hydroxylation is 2. The molecule has 134 valence electrons. The number of anilines is 1. The van der Waals surface area contributed by atoms with Crippen molar-refractivity contribution in [2.75, 3.05) is 11.9 Å². The van der Waals surface area contributed by atoms with Gasteiger partial charge in [-0.2, -0.15) is 13.2 Å². The predicted molar refractivity (Wildman–Crippen MR) is 88.3 cm³/mol. The molecule has 0 aliphatic heterocycles. The number of hydrogen-bond acceptors (Lipinski definition) is 4. The molecule has 25 heavy (non-hydrogen) atoms. The second-order valence-corrected chi connectivity index (χ2v) is 6.25. The summed E-state index contributed by atoms with van der Waals surface area (Å²) in [4.78, 5) is 8.88. The first-order valence-electron chi connectivity index (χ1n) is 8.29. The fourth-order valence-electron chi connectivity index (χ4n) is 3.17. The molecule has 4 nitrogen and oxygen atoms in total. The van der Waals surface area contributed by atoms with E-state index < -0.39 is 17.8 Å². The molecule has 0 saturated carbocycles. The van der Waals surface area contributed by atoms with Crippen LogP contribution in [0.3, 0.4) is 0 Å². The van der Waals surface area contributed by atoms with Crippen molar-refractivity contribution in [1.82, 2.24) is 9.97 Å². The van der Waals surface area contributed by atoms with Gasteiger partial charge in [0.1, 0.15) is 11.6 Å². The number of rotatable bonds is 4. The molecule has 2 N–H and O–H groups in total. The molecule has 0 bridgehead atoms. The quantitative estimate of drug-likeness (QED) is 0.879. The van der Waals surface area contributed by atoms with Crippen molar-refractivity contribution in [3.05, 3.63) is 52.5 Å². The van der Waals surface area contributed by atoms with Gasteiger partial charge in [-0.05, 0) is 50.3 Å². The first kappa shape index (κ1) is 17.7. The van der Waals surface area contributed by atoms with Gasteiger partial charge in [0.15, 0.2) is 0 Å². The first-order chi connectivity index (χ1) is 11.9. The number of hydrogen-bond donors (Lipinski definition) is 2. The van der Waals surface area contributed by atoms with Crippen LogP contribution >= 0.6 is 0 Å². The van der Waals surface area contributed by atoms with Crippen LogP contribution in [-0.4, -0.2) is 21.7 Å². The predicted octanol–water partition coefficient (Wildman–Crippen LogP) is 3.83. The van der Waals surface area contributed by atoms with Gasteiger partial charge < -0.3 is 10.4 Å². The maximum Gasteiger partial charge on any atom is 0.416 e. The lowest BCUT2D eigenvalue weighted by atomic mass is 9.95. The minimum absolute atomic E-state index is 0.334. The van der Waals surface area contributed by atoms with Gasteiger partial charge in [-0.1, -0.05) is 12.1 Å². The highest BCUT2D eigenvalue weighted by Crippen LogP contribution is 2.32. The zero-order valence-corrected chi connectivity index (χ0v) is 13.9. The van der Waals surface area contributed by atoms with Crippen LogP contribution in [0.4, 0.5) is 19.0 Å². The average molecular weight is 351 g/mol. The van der Waals surface area contributed by atoms with Gasteiger partial charge in [0.05, 0.1) is 18.2 Å². The van der Waals surface area contributed by atoms with Gasteiger partial charge in [-0.15, -0.1) is 0 Å². The molecule has 7 heteroatoms. The summed E-state index contributed by atoms with van der Waals surface area (Å²) in [6, 6.07) is 4.35. The summed E-state index contributed by atoms with van der Waals surface area (Å²) in [6.45, 7) is 1.46. The van der Waals surface area contributed by atoms with E-state index in [0.717, 1.165) is 49.1 Å². The number of aliphatic hydroxyl groups excluding tert-OH is 1. The van der Waals surface area contributed by atoms with E-state index in [9.17, 15) is 18.3 Å².